The number of carboxylic acids is 1. The Balaban J connectivity index is 2.07. The molecule has 5 nitrogen and oxygen atoms in total. The van der Waals surface area contributed by atoms with Gasteiger partial charge in [0.2, 0.25) is 0 Å². The van der Waals surface area contributed by atoms with Crippen molar-refractivity contribution in [2.45, 2.75) is 12.8 Å². The van der Waals surface area contributed by atoms with Gasteiger partial charge in [-0.3, -0.25) is 9.59 Å². The molecule has 19 heavy (non-hydrogen) atoms. The standard InChI is InChI=1S/C12H12Cl2N2O3/c13-9-2-1-8(11(14)15-9)12(19)16-4-3-7(6-16)5-10(17)18/h1-2,7H,3-6H2,(H,17,18). The van der Waals surface area contributed by atoms with Gasteiger partial charge in [0, 0.05) is 19.5 Å². The van der Waals surface area contributed by atoms with E-state index < -0.39 is 5.97 Å². The summed E-state index contributed by atoms with van der Waals surface area (Å²) in [7, 11) is 0. The minimum Gasteiger partial charge on any atom is -0.481 e. The van der Waals surface area contributed by atoms with Crippen LogP contribution in [0.2, 0.25) is 10.3 Å². The quantitative estimate of drug-likeness (QED) is 0.870. The zero-order valence-electron chi connectivity index (χ0n) is 9.97. The molecule has 1 aliphatic rings. The number of hydrogen-bond donors (Lipinski definition) is 1. The van der Waals surface area contributed by atoms with Crippen LogP contribution < -0.4 is 0 Å². The average molecular weight is 303 g/mol. The fourth-order valence-electron chi connectivity index (χ4n) is 2.17. The monoisotopic (exact) mass is 302 g/mol. The van der Waals surface area contributed by atoms with Gasteiger partial charge in [-0.05, 0) is 24.5 Å². The number of carboxylic acid groups (broad SMARTS) is 1. The van der Waals surface area contributed by atoms with E-state index in [1.54, 1.807) is 4.90 Å². The highest BCUT2D eigenvalue weighted by atomic mass is 35.5. The first-order valence-corrected chi connectivity index (χ1v) is 6.56. The summed E-state index contributed by atoms with van der Waals surface area (Å²) in [6.07, 6.45) is 0.771. The van der Waals surface area contributed by atoms with E-state index in [0.29, 0.717) is 25.1 Å². The molecule has 1 atom stereocenters. The number of likely N-dealkylation sites (tertiary alicyclic amines) is 1. The predicted molar refractivity (Wildman–Crippen MR) is 70.5 cm³/mol. The van der Waals surface area contributed by atoms with E-state index in [4.69, 9.17) is 28.3 Å². The lowest BCUT2D eigenvalue weighted by Crippen LogP contribution is -2.29. The molecule has 1 unspecified atom stereocenters. The first-order chi connectivity index (χ1) is 8.97. The summed E-state index contributed by atoms with van der Waals surface area (Å²) in [5, 5.41) is 9.04. The number of pyridine rings is 1. The highest BCUT2D eigenvalue weighted by Crippen LogP contribution is 2.24. The van der Waals surface area contributed by atoms with Crippen molar-refractivity contribution in [3.8, 4) is 0 Å². The van der Waals surface area contributed by atoms with E-state index in [-0.39, 0.29) is 28.6 Å². The molecule has 0 saturated carbocycles. The Kier molecular flexibility index (Phi) is 4.27. The van der Waals surface area contributed by atoms with Gasteiger partial charge in [0.1, 0.15) is 10.3 Å². The maximum Gasteiger partial charge on any atom is 0.303 e. The lowest BCUT2D eigenvalue weighted by Gasteiger charge is -2.16. The van der Waals surface area contributed by atoms with Gasteiger partial charge in [-0.15, -0.1) is 0 Å². The highest BCUT2D eigenvalue weighted by Gasteiger charge is 2.29. The van der Waals surface area contributed by atoms with Crippen molar-refractivity contribution < 1.29 is 14.7 Å². The van der Waals surface area contributed by atoms with Crippen LogP contribution in [0.25, 0.3) is 0 Å². The van der Waals surface area contributed by atoms with Crippen molar-refractivity contribution in [2.24, 2.45) is 5.92 Å². The van der Waals surface area contributed by atoms with Gasteiger partial charge in [0.15, 0.2) is 0 Å². The summed E-state index contributed by atoms with van der Waals surface area (Å²) in [6, 6.07) is 3.04. The topological polar surface area (TPSA) is 70.5 Å². The Morgan fingerprint density at radius 1 is 1.42 bits per heavy atom. The van der Waals surface area contributed by atoms with Crippen molar-refractivity contribution in [3.63, 3.8) is 0 Å². The number of aliphatic carboxylic acids is 1. The SMILES string of the molecule is O=C(O)CC1CCN(C(=O)c2ccc(Cl)nc2Cl)C1. The molecule has 1 amide bonds. The van der Waals surface area contributed by atoms with E-state index in [1.165, 1.54) is 12.1 Å². The molecule has 0 radical (unpaired) electrons. The second-order valence-electron chi connectivity index (χ2n) is 4.48. The molecule has 2 rings (SSSR count). The first-order valence-electron chi connectivity index (χ1n) is 5.80. The molecule has 1 aromatic heterocycles. The molecule has 1 aliphatic heterocycles. The zero-order valence-corrected chi connectivity index (χ0v) is 11.5. The molecule has 1 saturated heterocycles. The Bertz CT molecular complexity index is 522. The van der Waals surface area contributed by atoms with Crippen LogP contribution in [0.1, 0.15) is 23.2 Å². The van der Waals surface area contributed by atoms with E-state index >= 15 is 0 Å². The van der Waals surface area contributed by atoms with Crippen molar-refractivity contribution in [2.75, 3.05) is 13.1 Å². The lowest BCUT2D eigenvalue weighted by atomic mass is 10.1. The summed E-state index contributed by atoms with van der Waals surface area (Å²) in [4.78, 5) is 28.3. The largest absolute Gasteiger partial charge is 0.481 e. The smallest absolute Gasteiger partial charge is 0.303 e. The Labute approximate surface area is 120 Å². The summed E-state index contributed by atoms with van der Waals surface area (Å²) >= 11 is 11.6. The van der Waals surface area contributed by atoms with Crippen molar-refractivity contribution >= 4 is 35.1 Å². The normalized spacial score (nSPS) is 18.6. The van der Waals surface area contributed by atoms with Gasteiger partial charge in [-0.1, -0.05) is 23.2 Å². The fourth-order valence-corrected chi connectivity index (χ4v) is 2.60. The Hall–Kier alpha value is -1.33. The molecule has 1 fully saturated rings. The molecule has 0 bridgehead atoms. The molecule has 7 heteroatoms. The number of amides is 1. The number of carbonyl (C=O) groups is 2. The molecular weight excluding hydrogens is 291 g/mol. The van der Waals surface area contributed by atoms with Gasteiger partial charge in [0.25, 0.3) is 5.91 Å². The van der Waals surface area contributed by atoms with Gasteiger partial charge in [-0.2, -0.15) is 0 Å². The van der Waals surface area contributed by atoms with Crippen LogP contribution in [0, 0.1) is 5.92 Å². The van der Waals surface area contributed by atoms with E-state index in [2.05, 4.69) is 4.98 Å². The van der Waals surface area contributed by atoms with Crippen LogP contribution in [-0.2, 0) is 4.79 Å². The molecule has 0 aromatic carbocycles. The van der Waals surface area contributed by atoms with Crippen LogP contribution in [0.4, 0.5) is 0 Å². The molecule has 1 N–H and O–H groups in total. The van der Waals surface area contributed by atoms with E-state index in [0.717, 1.165) is 0 Å². The minimum atomic E-state index is -0.842. The highest BCUT2D eigenvalue weighted by molar-refractivity contribution is 6.34. The van der Waals surface area contributed by atoms with Crippen molar-refractivity contribution in [1.82, 2.24) is 9.88 Å². The summed E-state index contributed by atoms with van der Waals surface area (Å²) < 4.78 is 0. The molecule has 0 aliphatic carbocycles. The molecule has 0 spiro atoms. The first kappa shape index (κ1) is 14.1. The second-order valence-corrected chi connectivity index (χ2v) is 5.22. The fraction of sp³-hybridized carbons (Fsp3) is 0.417. The number of hydrogen-bond acceptors (Lipinski definition) is 3. The summed E-state index contributed by atoms with van der Waals surface area (Å²) in [6.45, 7) is 0.972. The van der Waals surface area contributed by atoms with E-state index in [1.807, 2.05) is 0 Å². The number of rotatable bonds is 3. The maximum atomic E-state index is 12.2. The molecule has 2 heterocycles. The Morgan fingerprint density at radius 3 is 2.79 bits per heavy atom. The molecule has 102 valence electrons. The summed E-state index contributed by atoms with van der Waals surface area (Å²) in [5.74, 6) is -1.08. The number of carbonyl (C=O) groups excluding carboxylic acids is 1. The maximum absolute atomic E-state index is 12.2. The second kappa shape index (κ2) is 5.75. The van der Waals surface area contributed by atoms with Crippen molar-refractivity contribution in [1.29, 1.82) is 0 Å². The number of aromatic nitrogens is 1. The predicted octanol–water partition coefficient (Wildman–Crippen LogP) is 2.33. The average Bonchev–Trinajstić information content (AvgIpc) is 2.75. The minimum absolute atomic E-state index is 0.000449. The lowest BCUT2D eigenvalue weighted by molar-refractivity contribution is -0.138. The van der Waals surface area contributed by atoms with Crippen molar-refractivity contribution in [3.05, 3.63) is 28.0 Å². The van der Waals surface area contributed by atoms with Crippen LogP contribution in [0.15, 0.2) is 12.1 Å². The third kappa shape index (κ3) is 3.36. The van der Waals surface area contributed by atoms with Gasteiger partial charge in [0.05, 0.1) is 5.56 Å². The van der Waals surface area contributed by atoms with Crippen LogP contribution in [0.5, 0.6) is 0 Å². The van der Waals surface area contributed by atoms with Gasteiger partial charge < -0.3 is 10.0 Å². The van der Waals surface area contributed by atoms with Crippen LogP contribution in [-0.4, -0.2) is 40.0 Å². The van der Waals surface area contributed by atoms with Gasteiger partial charge in [-0.25, -0.2) is 4.98 Å². The van der Waals surface area contributed by atoms with Crippen LogP contribution in [0.3, 0.4) is 0 Å². The zero-order chi connectivity index (χ0) is 14.0. The molecule has 1 aromatic rings. The molecular formula is C12H12Cl2N2O3. The Morgan fingerprint density at radius 2 is 2.16 bits per heavy atom. The number of nitrogens with zero attached hydrogens (tertiary/aromatic N) is 2. The van der Waals surface area contributed by atoms with E-state index in [9.17, 15) is 9.59 Å². The van der Waals surface area contributed by atoms with Gasteiger partial charge >= 0.3 is 5.97 Å². The third-order valence-electron chi connectivity index (χ3n) is 3.08. The third-order valence-corrected chi connectivity index (χ3v) is 3.58. The summed E-state index contributed by atoms with van der Waals surface area (Å²) in [5.41, 5.74) is 0.294. The van der Waals surface area contributed by atoms with Crippen LogP contribution >= 0.6 is 23.2 Å². The number of halogens is 2.